The van der Waals surface area contributed by atoms with Crippen molar-refractivity contribution < 1.29 is 23.1 Å². The monoisotopic (exact) mass is 423 g/mol. The minimum absolute atomic E-state index is 0.0315. The number of fused-ring (bicyclic) bond motifs is 2. The van der Waals surface area contributed by atoms with Crippen molar-refractivity contribution in [2.75, 3.05) is 18.4 Å². The summed E-state index contributed by atoms with van der Waals surface area (Å²) in [4.78, 5) is 27.3. The highest BCUT2D eigenvalue weighted by Crippen LogP contribution is 2.47. The average molecular weight is 423 g/mol. The van der Waals surface area contributed by atoms with Gasteiger partial charge >= 0.3 is 6.61 Å². The molecule has 1 N–H and O–H groups in total. The van der Waals surface area contributed by atoms with Gasteiger partial charge in [-0.15, -0.1) is 0 Å². The summed E-state index contributed by atoms with van der Waals surface area (Å²) >= 11 is 0. The van der Waals surface area contributed by atoms with E-state index in [1.54, 1.807) is 49.4 Å². The Hall–Kier alpha value is -3.73. The number of carbonyl (C=O) groups is 2. The number of halogens is 2. The molecule has 0 saturated carbocycles. The number of nitriles is 1. The number of amides is 2. The molecule has 0 aliphatic carbocycles. The highest BCUT2D eigenvalue weighted by atomic mass is 19.3. The number of ether oxygens (including phenoxy) is 1. The summed E-state index contributed by atoms with van der Waals surface area (Å²) < 4.78 is 29.9. The average Bonchev–Trinajstić information content (AvgIpc) is 3.27. The molecule has 1 saturated heterocycles. The van der Waals surface area contributed by atoms with Crippen LogP contribution in [0.3, 0.4) is 0 Å². The zero-order valence-electron chi connectivity index (χ0n) is 16.6. The molecule has 2 heterocycles. The Morgan fingerprint density at radius 2 is 2.00 bits per heavy atom. The van der Waals surface area contributed by atoms with Gasteiger partial charge in [-0.2, -0.15) is 14.0 Å². The van der Waals surface area contributed by atoms with Crippen molar-refractivity contribution in [1.82, 2.24) is 4.90 Å². The van der Waals surface area contributed by atoms with Gasteiger partial charge in [-0.1, -0.05) is 36.4 Å². The standard InChI is InChI=1S/C23H19F2N3O3/c1-14(16-6-2-5-9-19(16)31-22(24)25)10-20(29)28-12-15(11-26)23(13-28)17-7-3-4-8-18(17)27-21(23)30/h2-10,15,22H,12-13H2,1H3,(H,27,30). The van der Waals surface area contributed by atoms with E-state index in [0.29, 0.717) is 22.4 Å². The number of rotatable bonds is 4. The maximum absolute atomic E-state index is 13.0. The molecule has 31 heavy (non-hydrogen) atoms. The smallest absolute Gasteiger partial charge is 0.387 e. The van der Waals surface area contributed by atoms with Gasteiger partial charge in [0.1, 0.15) is 11.2 Å². The van der Waals surface area contributed by atoms with E-state index in [4.69, 9.17) is 0 Å². The third kappa shape index (κ3) is 3.42. The summed E-state index contributed by atoms with van der Waals surface area (Å²) in [7, 11) is 0. The Kier molecular flexibility index (Phi) is 5.19. The van der Waals surface area contributed by atoms with E-state index in [0.717, 1.165) is 0 Å². The minimum Gasteiger partial charge on any atom is -0.434 e. The second-order valence-corrected chi connectivity index (χ2v) is 7.57. The van der Waals surface area contributed by atoms with E-state index in [-0.39, 0.29) is 24.7 Å². The maximum atomic E-state index is 13.0. The molecule has 0 radical (unpaired) electrons. The predicted molar refractivity (Wildman–Crippen MR) is 109 cm³/mol. The number of benzene rings is 2. The van der Waals surface area contributed by atoms with Crippen LogP contribution in [0.4, 0.5) is 14.5 Å². The summed E-state index contributed by atoms with van der Waals surface area (Å²) in [6.45, 7) is -1.21. The zero-order chi connectivity index (χ0) is 22.2. The Morgan fingerprint density at radius 3 is 2.74 bits per heavy atom. The lowest BCUT2D eigenvalue weighted by molar-refractivity contribution is -0.125. The molecule has 6 nitrogen and oxygen atoms in total. The Balaban J connectivity index is 1.63. The lowest BCUT2D eigenvalue weighted by atomic mass is 9.74. The van der Waals surface area contributed by atoms with Gasteiger partial charge in [0, 0.05) is 30.4 Å². The third-order valence-corrected chi connectivity index (χ3v) is 5.83. The van der Waals surface area contributed by atoms with Crippen LogP contribution >= 0.6 is 0 Å². The first-order valence-electron chi connectivity index (χ1n) is 9.69. The van der Waals surface area contributed by atoms with Crippen LogP contribution in [0.15, 0.2) is 54.6 Å². The van der Waals surface area contributed by atoms with Crippen molar-refractivity contribution in [3.8, 4) is 11.8 Å². The van der Waals surface area contributed by atoms with Gasteiger partial charge in [0.2, 0.25) is 11.8 Å². The van der Waals surface area contributed by atoms with Crippen molar-refractivity contribution >= 4 is 23.1 Å². The van der Waals surface area contributed by atoms with Crippen LogP contribution in [0.2, 0.25) is 0 Å². The quantitative estimate of drug-likeness (QED) is 0.763. The van der Waals surface area contributed by atoms with Crippen molar-refractivity contribution in [2.45, 2.75) is 19.0 Å². The highest BCUT2D eigenvalue weighted by Gasteiger charge is 2.58. The number of hydrogen-bond acceptors (Lipinski definition) is 4. The first-order chi connectivity index (χ1) is 14.9. The molecule has 4 rings (SSSR count). The molecule has 1 spiro atoms. The molecule has 2 aliphatic rings. The lowest BCUT2D eigenvalue weighted by Gasteiger charge is -2.24. The number of carbonyl (C=O) groups excluding carboxylic acids is 2. The lowest BCUT2D eigenvalue weighted by Crippen LogP contribution is -2.42. The van der Waals surface area contributed by atoms with E-state index in [9.17, 15) is 23.6 Å². The molecule has 2 aromatic rings. The van der Waals surface area contributed by atoms with Gasteiger partial charge < -0.3 is 15.0 Å². The molecule has 1 fully saturated rings. The number of likely N-dealkylation sites (tertiary alicyclic amines) is 1. The first kappa shape index (κ1) is 20.5. The largest absolute Gasteiger partial charge is 0.434 e. The van der Waals surface area contributed by atoms with E-state index in [1.165, 1.54) is 17.0 Å². The second-order valence-electron chi connectivity index (χ2n) is 7.57. The van der Waals surface area contributed by atoms with Gasteiger partial charge in [-0.3, -0.25) is 9.59 Å². The minimum atomic E-state index is -2.99. The van der Waals surface area contributed by atoms with Gasteiger partial charge in [-0.05, 0) is 30.2 Å². The van der Waals surface area contributed by atoms with Crippen molar-refractivity contribution in [3.63, 3.8) is 0 Å². The third-order valence-electron chi connectivity index (χ3n) is 5.83. The molecular formula is C23H19F2N3O3. The second kappa shape index (κ2) is 7.84. The van der Waals surface area contributed by atoms with E-state index >= 15 is 0 Å². The zero-order valence-corrected chi connectivity index (χ0v) is 16.6. The van der Waals surface area contributed by atoms with Crippen LogP contribution < -0.4 is 10.1 Å². The Labute approximate surface area is 177 Å². The number of alkyl halides is 2. The Morgan fingerprint density at radius 1 is 1.29 bits per heavy atom. The molecule has 2 unspecified atom stereocenters. The highest BCUT2D eigenvalue weighted by molar-refractivity contribution is 6.08. The number of nitrogens with zero attached hydrogens (tertiary/aromatic N) is 2. The first-order valence-corrected chi connectivity index (χ1v) is 9.69. The van der Waals surface area contributed by atoms with Crippen LogP contribution in [0.5, 0.6) is 5.75 Å². The molecule has 158 valence electrons. The molecule has 0 bridgehead atoms. The molecule has 2 atom stereocenters. The predicted octanol–water partition coefficient (Wildman–Crippen LogP) is 3.56. The number of hydrogen-bond donors (Lipinski definition) is 1. The van der Waals surface area contributed by atoms with Crippen LogP contribution in [-0.2, 0) is 15.0 Å². The van der Waals surface area contributed by atoms with Crippen LogP contribution in [0, 0.1) is 17.2 Å². The van der Waals surface area contributed by atoms with Gasteiger partial charge in [-0.25, -0.2) is 0 Å². The van der Waals surface area contributed by atoms with Crippen LogP contribution in [0.1, 0.15) is 18.1 Å². The van der Waals surface area contributed by atoms with E-state index in [1.807, 2.05) is 0 Å². The van der Waals surface area contributed by atoms with Crippen LogP contribution in [0.25, 0.3) is 5.57 Å². The topological polar surface area (TPSA) is 82.4 Å². The van der Waals surface area contributed by atoms with Crippen molar-refractivity contribution in [3.05, 3.63) is 65.7 Å². The summed E-state index contributed by atoms with van der Waals surface area (Å²) in [5.41, 5.74) is 1.03. The van der Waals surface area contributed by atoms with Crippen molar-refractivity contribution in [2.24, 2.45) is 5.92 Å². The molecular weight excluding hydrogens is 404 g/mol. The number of nitrogens with one attached hydrogen (secondary N) is 1. The molecule has 2 amide bonds. The van der Waals surface area contributed by atoms with Crippen LogP contribution in [-0.4, -0.2) is 36.4 Å². The summed E-state index contributed by atoms with van der Waals surface area (Å²) in [5.74, 6) is -1.44. The number of anilines is 1. The number of allylic oxidation sites excluding steroid dienone is 1. The fraction of sp³-hybridized carbons (Fsp3) is 0.261. The Bertz CT molecular complexity index is 1130. The maximum Gasteiger partial charge on any atom is 0.387 e. The molecule has 2 aromatic carbocycles. The number of para-hydroxylation sites is 2. The fourth-order valence-electron chi connectivity index (χ4n) is 4.36. The SMILES string of the molecule is CC(=CC(=O)N1CC(C#N)C2(C1)C(=O)Nc1ccccc12)c1ccccc1OC(F)F. The summed E-state index contributed by atoms with van der Waals surface area (Å²) in [5, 5.41) is 12.6. The van der Waals surface area contributed by atoms with E-state index < -0.39 is 23.9 Å². The molecule has 0 aromatic heterocycles. The van der Waals surface area contributed by atoms with Gasteiger partial charge in [0.25, 0.3) is 0 Å². The van der Waals surface area contributed by atoms with E-state index in [2.05, 4.69) is 16.1 Å². The summed E-state index contributed by atoms with van der Waals surface area (Å²) in [6, 6.07) is 15.6. The van der Waals surface area contributed by atoms with Gasteiger partial charge in [0.05, 0.1) is 12.0 Å². The van der Waals surface area contributed by atoms with Gasteiger partial charge in [0.15, 0.2) is 0 Å². The molecule has 2 aliphatic heterocycles. The van der Waals surface area contributed by atoms with Crippen molar-refractivity contribution in [1.29, 1.82) is 5.26 Å². The summed E-state index contributed by atoms with van der Waals surface area (Å²) in [6.07, 6.45) is 1.32. The fourth-order valence-corrected chi connectivity index (χ4v) is 4.36. The normalized spacial score (nSPS) is 22.4. The molecule has 8 heteroatoms.